The highest BCUT2D eigenvalue weighted by Crippen LogP contribution is 2.34. The Kier molecular flexibility index (Phi) is 6.11. The van der Waals surface area contributed by atoms with Gasteiger partial charge in [-0.15, -0.1) is 0 Å². The van der Waals surface area contributed by atoms with E-state index in [9.17, 15) is 13.5 Å². The number of nitrogens with one attached hydrogen (secondary N) is 1. The number of aromatic amines is 1. The molecule has 0 radical (unpaired) electrons. The van der Waals surface area contributed by atoms with Gasteiger partial charge in [0.2, 0.25) is 5.95 Å². The highest BCUT2D eigenvalue weighted by Gasteiger charge is 2.38. The largest absolute Gasteiger partial charge is 0.378 e. The smallest absolute Gasteiger partial charge is 0.203 e. The summed E-state index contributed by atoms with van der Waals surface area (Å²) in [4.78, 5) is 12.6. The van der Waals surface area contributed by atoms with Crippen LogP contribution in [0.2, 0.25) is 5.02 Å². The molecule has 0 amide bonds. The number of imidazole rings is 1. The van der Waals surface area contributed by atoms with Gasteiger partial charge in [-0.2, -0.15) is 0 Å². The van der Waals surface area contributed by atoms with Crippen molar-refractivity contribution in [2.45, 2.75) is 32.0 Å². The molecular weight excluding hydrogens is 460 g/mol. The van der Waals surface area contributed by atoms with E-state index in [1.54, 1.807) is 0 Å². The van der Waals surface area contributed by atoms with Gasteiger partial charge in [-0.3, -0.25) is 4.90 Å². The highest BCUT2D eigenvalue weighted by molar-refractivity contribution is 7.91. The van der Waals surface area contributed by atoms with Crippen molar-refractivity contribution in [2.24, 2.45) is 5.92 Å². The lowest BCUT2D eigenvalue weighted by Crippen LogP contribution is -2.55. The van der Waals surface area contributed by atoms with Crippen LogP contribution in [-0.2, 0) is 9.84 Å². The van der Waals surface area contributed by atoms with Crippen molar-refractivity contribution >= 4 is 38.4 Å². The zero-order valence-electron chi connectivity index (χ0n) is 18.6. The van der Waals surface area contributed by atoms with Gasteiger partial charge in [0.15, 0.2) is 0 Å². The fraction of sp³-hybridized carbons (Fsp3) is 0.458. The number of halogens is 1. The van der Waals surface area contributed by atoms with Crippen LogP contribution in [-0.4, -0.2) is 65.8 Å². The molecule has 2 fully saturated rings. The van der Waals surface area contributed by atoms with Crippen molar-refractivity contribution in [1.82, 2.24) is 14.9 Å². The number of aromatic nitrogens is 2. The van der Waals surface area contributed by atoms with Gasteiger partial charge < -0.3 is 15.0 Å². The molecule has 5 rings (SSSR count). The number of piperazine rings is 1. The maximum Gasteiger partial charge on any atom is 0.203 e. The second kappa shape index (κ2) is 8.91. The molecular formula is C24H29ClN4O3S. The van der Waals surface area contributed by atoms with Gasteiger partial charge in [-0.25, -0.2) is 13.4 Å². The van der Waals surface area contributed by atoms with Gasteiger partial charge >= 0.3 is 0 Å². The number of benzene rings is 2. The number of fused-ring (bicyclic) bond motifs is 1. The van der Waals surface area contributed by atoms with E-state index < -0.39 is 16.1 Å². The summed E-state index contributed by atoms with van der Waals surface area (Å²) in [6.07, 6.45) is 0.342. The summed E-state index contributed by atoms with van der Waals surface area (Å²) in [5.41, 5.74) is 3.92. The number of H-pyrrole nitrogens is 1. The van der Waals surface area contributed by atoms with Gasteiger partial charge in [0.1, 0.15) is 16.1 Å². The number of rotatable bonds is 4. The number of hydrogen-bond donors (Lipinski definition) is 2. The Morgan fingerprint density at radius 1 is 1.15 bits per heavy atom. The van der Waals surface area contributed by atoms with Crippen LogP contribution in [0.3, 0.4) is 0 Å². The van der Waals surface area contributed by atoms with E-state index in [4.69, 9.17) is 16.6 Å². The predicted octanol–water partition coefficient (Wildman–Crippen LogP) is 3.53. The maximum atomic E-state index is 11.9. The Balaban J connectivity index is 1.41. The summed E-state index contributed by atoms with van der Waals surface area (Å²) >= 11 is 6.29. The second-order valence-electron chi connectivity index (χ2n) is 9.19. The van der Waals surface area contributed by atoms with Crippen molar-refractivity contribution in [2.75, 3.05) is 36.0 Å². The molecule has 9 heteroatoms. The molecule has 33 heavy (non-hydrogen) atoms. The molecule has 2 atom stereocenters. The monoisotopic (exact) mass is 488 g/mol. The number of sulfone groups is 1. The lowest BCUT2D eigenvalue weighted by Gasteiger charge is -2.46. The normalized spacial score (nSPS) is 23.1. The van der Waals surface area contributed by atoms with Crippen molar-refractivity contribution in [3.05, 3.63) is 58.6 Å². The topological polar surface area (TPSA) is 89.5 Å². The van der Waals surface area contributed by atoms with Crippen molar-refractivity contribution in [3.8, 4) is 0 Å². The van der Waals surface area contributed by atoms with E-state index in [1.165, 1.54) is 0 Å². The molecule has 0 saturated carbocycles. The molecule has 0 spiro atoms. The van der Waals surface area contributed by atoms with Gasteiger partial charge in [0, 0.05) is 30.6 Å². The number of nitrogens with zero attached hydrogens (tertiary/aromatic N) is 3. The maximum absolute atomic E-state index is 11.9. The van der Waals surface area contributed by atoms with Gasteiger partial charge in [-0.05, 0) is 43.0 Å². The van der Waals surface area contributed by atoms with E-state index in [-0.39, 0.29) is 23.5 Å². The van der Waals surface area contributed by atoms with Crippen LogP contribution >= 0.6 is 11.6 Å². The molecule has 2 saturated heterocycles. The van der Waals surface area contributed by atoms with Gasteiger partial charge in [0.05, 0.1) is 28.6 Å². The van der Waals surface area contributed by atoms with E-state index in [1.807, 2.05) is 37.3 Å². The SMILES string of the molecule is Cc1cc2[nH]c(N3CCN(C(O)C4CCS(=O)(=O)CC4)C(c4ccccc4)C3)nc2cc1Cl. The Morgan fingerprint density at radius 3 is 2.61 bits per heavy atom. The summed E-state index contributed by atoms with van der Waals surface area (Å²) in [5.74, 6) is 1.07. The Morgan fingerprint density at radius 2 is 1.88 bits per heavy atom. The van der Waals surface area contributed by atoms with Gasteiger partial charge in [0.25, 0.3) is 0 Å². The van der Waals surface area contributed by atoms with Crippen LogP contribution < -0.4 is 4.90 Å². The van der Waals surface area contributed by atoms with Gasteiger partial charge in [-0.1, -0.05) is 41.9 Å². The predicted molar refractivity (Wildman–Crippen MR) is 131 cm³/mol. The third-order valence-electron chi connectivity index (χ3n) is 7.02. The van der Waals surface area contributed by atoms with E-state index >= 15 is 0 Å². The Bertz CT molecular complexity index is 1190. The van der Waals surface area contributed by atoms with Crippen LogP contribution in [0.15, 0.2) is 42.5 Å². The minimum atomic E-state index is -2.97. The number of hydrogen-bond acceptors (Lipinski definition) is 6. The van der Waals surface area contributed by atoms with Crippen molar-refractivity contribution in [1.29, 1.82) is 0 Å². The summed E-state index contributed by atoms with van der Waals surface area (Å²) in [7, 11) is -2.97. The molecule has 2 aliphatic heterocycles. The highest BCUT2D eigenvalue weighted by atomic mass is 35.5. The van der Waals surface area contributed by atoms with Crippen LogP contribution in [0, 0.1) is 12.8 Å². The third-order valence-corrected chi connectivity index (χ3v) is 9.14. The lowest BCUT2D eigenvalue weighted by atomic mass is 9.95. The number of aryl methyl sites for hydroxylation is 1. The van der Waals surface area contributed by atoms with Crippen molar-refractivity contribution in [3.63, 3.8) is 0 Å². The Hall–Kier alpha value is -2.13. The minimum Gasteiger partial charge on any atom is -0.378 e. The van der Waals surface area contributed by atoms with Crippen LogP contribution in [0.4, 0.5) is 5.95 Å². The average Bonchev–Trinajstić information content (AvgIpc) is 3.22. The fourth-order valence-corrected chi connectivity index (χ4v) is 6.72. The average molecular weight is 489 g/mol. The summed E-state index contributed by atoms with van der Waals surface area (Å²) in [5, 5.41) is 12.0. The quantitative estimate of drug-likeness (QED) is 0.584. The summed E-state index contributed by atoms with van der Waals surface area (Å²) in [6.45, 7) is 4.00. The first-order valence-corrected chi connectivity index (χ1v) is 13.6. The van der Waals surface area contributed by atoms with Crippen molar-refractivity contribution < 1.29 is 13.5 Å². The standard InChI is InChI=1S/C24H29ClN4O3S/c1-16-13-20-21(14-19(16)25)27-24(26-20)28-9-10-29(22(15-28)17-5-3-2-4-6-17)23(30)18-7-11-33(31,32)12-8-18/h2-6,13-14,18,22-23,30H,7-12,15H2,1H3,(H,26,27). The molecule has 2 aliphatic rings. The van der Waals surface area contributed by atoms with E-state index in [0.29, 0.717) is 37.5 Å². The molecule has 7 nitrogen and oxygen atoms in total. The second-order valence-corrected chi connectivity index (χ2v) is 11.9. The Labute approximate surface area is 199 Å². The summed E-state index contributed by atoms with van der Waals surface area (Å²) < 4.78 is 23.8. The van der Waals surface area contributed by atoms with Crippen LogP contribution in [0.1, 0.15) is 30.0 Å². The minimum absolute atomic E-state index is 0.0352. The van der Waals surface area contributed by atoms with E-state index in [0.717, 1.165) is 28.1 Å². The van der Waals surface area contributed by atoms with Crippen LogP contribution in [0.5, 0.6) is 0 Å². The molecule has 2 unspecified atom stereocenters. The first-order valence-electron chi connectivity index (χ1n) is 11.4. The molecule has 1 aromatic heterocycles. The molecule has 3 aromatic rings. The molecule has 176 valence electrons. The summed E-state index contributed by atoms with van der Waals surface area (Å²) in [6, 6.07) is 14.0. The number of aliphatic hydroxyl groups excluding tert-OH is 1. The first kappa shape index (κ1) is 22.7. The van der Waals surface area contributed by atoms with Crippen LogP contribution in [0.25, 0.3) is 11.0 Å². The zero-order chi connectivity index (χ0) is 23.2. The molecule has 0 aliphatic carbocycles. The molecule has 2 aromatic carbocycles. The molecule has 2 N–H and O–H groups in total. The lowest BCUT2D eigenvalue weighted by molar-refractivity contribution is -0.0714. The molecule has 3 heterocycles. The zero-order valence-corrected chi connectivity index (χ0v) is 20.2. The fourth-order valence-electron chi connectivity index (χ4n) is 5.03. The number of anilines is 1. The van der Waals surface area contributed by atoms with E-state index in [2.05, 4.69) is 26.9 Å². The molecule has 0 bridgehead atoms. The third kappa shape index (κ3) is 4.62. The number of aliphatic hydroxyl groups is 1. The first-order chi connectivity index (χ1) is 15.8.